The Morgan fingerprint density at radius 1 is 1.20 bits per heavy atom. The Labute approximate surface area is 119 Å². The molecule has 0 heterocycles. The molecule has 0 saturated carbocycles. The zero-order chi connectivity index (χ0) is 14.5. The van der Waals surface area contributed by atoms with Gasteiger partial charge in [0.05, 0.1) is 7.11 Å². The maximum absolute atomic E-state index is 12.5. The topological polar surface area (TPSA) is 41.6 Å². The van der Waals surface area contributed by atoms with E-state index in [2.05, 4.69) is 5.32 Å². The maximum Gasteiger partial charge on any atom is 0.254 e. The van der Waals surface area contributed by atoms with Crippen molar-refractivity contribution >= 4 is 16.7 Å². The molecule has 0 saturated heterocycles. The van der Waals surface area contributed by atoms with E-state index in [9.17, 15) is 4.79 Å². The Bertz CT molecular complexity index is 610. The first-order valence-corrected chi connectivity index (χ1v) is 6.65. The Morgan fingerprint density at radius 2 is 1.90 bits per heavy atom. The fourth-order valence-electron chi connectivity index (χ4n) is 2.22. The number of nitrogens with zero attached hydrogens (tertiary/aromatic N) is 1. The molecule has 4 nitrogen and oxygen atoms in total. The molecular weight excluding hydrogens is 252 g/mol. The molecule has 0 spiro atoms. The van der Waals surface area contributed by atoms with Crippen molar-refractivity contribution in [3.05, 3.63) is 42.0 Å². The summed E-state index contributed by atoms with van der Waals surface area (Å²) < 4.78 is 5.35. The minimum atomic E-state index is 0.0269. The zero-order valence-electron chi connectivity index (χ0n) is 12.1. The Kier molecular flexibility index (Phi) is 4.58. The normalized spacial score (nSPS) is 10.6. The van der Waals surface area contributed by atoms with Gasteiger partial charge in [-0.3, -0.25) is 4.79 Å². The number of rotatable bonds is 5. The number of carbonyl (C=O) groups excluding carboxylic acids is 1. The smallest absolute Gasteiger partial charge is 0.254 e. The second-order valence-electron chi connectivity index (χ2n) is 4.69. The number of ether oxygens (including phenoxy) is 1. The molecule has 0 radical (unpaired) electrons. The highest BCUT2D eigenvalue weighted by molar-refractivity contribution is 6.08. The van der Waals surface area contributed by atoms with Crippen LogP contribution in [-0.4, -0.2) is 45.1 Å². The summed E-state index contributed by atoms with van der Waals surface area (Å²) in [7, 11) is 5.34. The predicted molar refractivity (Wildman–Crippen MR) is 81.4 cm³/mol. The van der Waals surface area contributed by atoms with Gasteiger partial charge in [-0.05, 0) is 24.6 Å². The molecule has 20 heavy (non-hydrogen) atoms. The van der Waals surface area contributed by atoms with Crippen LogP contribution in [0, 0.1) is 0 Å². The van der Waals surface area contributed by atoms with Crippen LogP contribution in [0.1, 0.15) is 10.4 Å². The molecule has 0 aliphatic carbocycles. The highest BCUT2D eigenvalue weighted by Crippen LogP contribution is 2.28. The number of likely N-dealkylation sites (N-methyl/N-ethyl adjacent to an activating group) is 2. The van der Waals surface area contributed by atoms with Crippen molar-refractivity contribution in [3.8, 4) is 5.75 Å². The first-order valence-electron chi connectivity index (χ1n) is 6.65. The zero-order valence-corrected chi connectivity index (χ0v) is 12.1. The van der Waals surface area contributed by atoms with E-state index < -0.39 is 0 Å². The molecule has 0 atom stereocenters. The lowest BCUT2D eigenvalue weighted by Gasteiger charge is -2.18. The molecule has 0 aliphatic rings. The molecule has 1 amide bonds. The third-order valence-electron chi connectivity index (χ3n) is 3.38. The van der Waals surface area contributed by atoms with Crippen molar-refractivity contribution in [3.63, 3.8) is 0 Å². The van der Waals surface area contributed by atoms with Gasteiger partial charge in [-0.2, -0.15) is 0 Å². The van der Waals surface area contributed by atoms with Crippen molar-refractivity contribution in [1.82, 2.24) is 10.2 Å². The third-order valence-corrected chi connectivity index (χ3v) is 3.38. The predicted octanol–water partition coefficient (Wildman–Crippen LogP) is 2.14. The maximum atomic E-state index is 12.5. The van der Waals surface area contributed by atoms with Gasteiger partial charge in [-0.25, -0.2) is 0 Å². The quantitative estimate of drug-likeness (QED) is 0.906. The van der Waals surface area contributed by atoms with Crippen LogP contribution in [-0.2, 0) is 0 Å². The molecule has 0 bridgehead atoms. The summed E-state index contributed by atoms with van der Waals surface area (Å²) in [5, 5.41) is 4.93. The fourth-order valence-corrected chi connectivity index (χ4v) is 2.22. The van der Waals surface area contributed by atoms with Crippen LogP contribution < -0.4 is 10.1 Å². The average Bonchev–Trinajstić information content (AvgIpc) is 2.50. The van der Waals surface area contributed by atoms with Crippen LogP contribution in [0.2, 0.25) is 0 Å². The van der Waals surface area contributed by atoms with Crippen molar-refractivity contribution in [1.29, 1.82) is 0 Å². The van der Waals surface area contributed by atoms with Crippen LogP contribution in [0.5, 0.6) is 5.75 Å². The Hall–Kier alpha value is -2.07. The molecule has 2 aromatic carbocycles. The lowest BCUT2D eigenvalue weighted by Crippen LogP contribution is -2.32. The first kappa shape index (κ1) is 14.3. The fraction of sp³-hybridized carbons (Fsp3) is 0.312. The van der Waals surface area contributed by atoms with Gasteiger partial charge >= 0.3 is 0 Å². The van der Waals surface area contributed by atoms with Gasteiger partial charge < -0.3 is 15.0 Å². The molecule has 0 unspecified atom stereocenters. The second kappa shape index (κ2) is 6.39. The van der Waals surface area contributed by atoms with E-state index in [0.29, 0.717) is 12.1 Å². The van der Waals surface area contributed by atoms with Crippen molar-refractivity contribution < 1.29 is 9.53 Å². The number of hydrogen-bond acceptors (Lipinski definition) is 3. The standard InChI is InChI=1S/C16H20N2O2/c1-17-10-11-18(2)16(19)14-8-9-15(20-3)13-7-5-4-6-12(13)14/h4-9,17H,10-11H2,1-3H3. The van der Waals surface area contributed by atoms with E-state index >= 15 is 0 Å². The summed E-state index contributed by atoms with van der Waals surface area (Å²) in [4.78, 5) is 14.2. The van der Waals surface area contributed by atoms with Crippen molar-refractivity contribution in [2.45, 2.75) is 0 Å². The van der Waals surface area contributed by atoms with Gasteiger partial charge in [-0.1, -0.05) is 24.3 Å². The average molecular weight is 272 g/mol. The Morgan fingerprint density at radius 3 is 2.55 bits per heavy atom. The van der Waals surface area contributed by atoms with E-state index in [1.807, 2.05) is 50.5 Å². The first-order chi connectivity index (χ1) is 9.69. The van der Waals surface area contributed by atoms with Gasteiger partial charge in [0.1, 0.15) is 5.75 Å². The van der Waals surface area contributed by atoms with Crippen LogP contribution in [0.25, 0.3) is 10.8 Å². The van der Waals surface area contributed by atoms with E-state index in [1.54, 1.807) is 12.0 Å². The molecule has 0 fully saturated rings. The molecule has 4 heteroatoms. The van der Waals surface area contributed by atoms with Gasteiger partial charge in [0.25, 0.3) is 5.91 Å². The summed E-state index contributed by atoms with van der Waals surface area (Å²) in [6.45, 7) is 1.45. The van der Waals surface area contributed by atoms with Crippen LogP contribution in [0.15, 0.2) is 36.4 Å². The molecule has 106 valence electrons. The molecular formula is C16H20N2O2. The molecule has 2 rings (SSSR count). The second-order valence-corrected chi connectivity index (χ2v) is 4.69. The van der Waals surface area contributed by atoms with Crippen molar-refractivity contribution in [2.24, 2.45) is 0 Å². The van der Waals surface area contributed by atoms with E-state index in [4.69, 9.17) is 4.74 Å². The van der Waals surface area contributed by atoms with E-state index in [0.717, 1.165) is 23.1 Å². The number of hydrogen-bond donors (Lipinski definition) is 1. The van der Waals surface area contributed by atoms with Gasteiger partial charge in [-0.15, -0.1) is 0 Å². The number of benzene rings is 2. The largest absolute Gasteiger partial charge is 0.496 e. The minimum absolute atomic E-state index is 0.0269. The SMILES string of the molecule is CNCCN(C)C(=O)c1ccc(OC)c2ccccc12. The van der Waals surface area contributed by atoms with E-state index in [-0.39, 0.29) is 5.91 Å². The van der Waals surface area contributed by atoms with Crippen molar-refractivity contribution in [2.75, 3.05) is 34.3 Å². The number of methoxy groups -OCH3 is 1. The molecule has 2 aromatic rings. The molecule has 1 N–H and O–H groups in total. The lowest BCUT2D eigenvalue weighted by molar-refractivity contribution is 0.0799. The lowest BCUT2D eigenvalue weighted by atomic mass is 10.0. The van der Waals surface area contributed by atoms with Crippen LogP contribution in [0.4, 0.5) is 0 Å². The summed E-state index contributed by atoms with van der Waals surface area (Å²) in [5.41, 5.74) is 0.708. The van der Waals surface area contributed by atoms with E-state index in [1.165, 1.54) is 0 Å². The monoisotopic (exact) mass is 272 g/mol. The number of carbonyl (C=O) groups is 1. The number of amides is 1. The number of fused-ring (bicyclic) bond motifs is 1. The highest BCUT2D eigenvalue weighted by atomic mass is 16.5. The highest BCUT2D eigenvalue weighted by Gasteiger charge is 2.15. The van der Waals surface area contributed by atoms with Gasteiger partial charge in [0.15, 0.2) is 0 Å². The number of nitrogens with one attached hydrogen (secondary N) is 1. The summed E-state index contributed by atoms with van der Waals surface area (Å²) in [5.74, 6) is 0.814. The van der Waals surface area contributed by atoms with Gasteiger partial charge in [0, 0.05) is 31.1 Å². The minimum Gasteiger partial charge on any atom is -0.496 e. The third kappa shape index (κ3) is 2.75. The summed E-state index contributed by atoms with van der Waals surface area (Å²) >= 11 is 0. The summed E-state index contributed by atoms with van der Waals surface area (Å²) in [6, 6.07) is 11.5. The van der Waals surface area contributed by atoms with Gasteiger partial charge in [0.2, 0.25) is 0 Å². The Balaban J connectivity index is 2.42. The summed E-state index contributed by atoms with van der Waals surface area (Å²) in [6.07, 6.45) is 0. The van der Waals surface area contributed by atoms with Crippen LogP contribution >= 0.6 is 0 Å². The molecule has 0 aromatic heterocycles. The molecule has 0 aliphatic heterocycles. The van der Waals surface area contributed by atoms with Crippen LogP contribution in [0.3, 0.4) is 0 Å².